The van der Waals surface area contributed by atoms with Crippen LogP contribution in [0.4, 0.5) is 10.1 Å². The van der Waals surface area contributed by atoms with Gasteiger partial charge in [-0.3, -0.25) is 4.98 Å². The lowest BCUT2D eigenvalue weighted by Gasteiger charge is -2.09. The molecule has 0 atom stereocenters. The molecule has 0 saturated carbocycles. The van der Waals surface area contributed by atoms with E-state index in [9.17, 15) is 14.8 Å². The van der Waals surface area contributed by atoms with Gasteiger partial charge in [0.25, 0.3) is 0 Å². The minimum Gasteiger partial charge on any atom is -0.505 e. The zero-order chi connectivity index (χ0) is 19.7. The highest BCUT2D eigenvalue weighted by Gasteiger charge is 2.19. The predicted molar refractivity (Wildman–Crippen MR) is 101 cm³/mol. The zero-order valence-corrected chi connectivity index (χ0v) is 14.9. The number of benzene rings is 2. The minimum absolute atomic E-state index is 0.0652. The van der Waals surface area contributed by atoms with Gasteiger partial charge in [0, 0.05) is 11.8 Å². The van der Waals surface area contributed by atoms with Gasteiger partial charge in [-0.05, 0) is 42.5 Å². The molecule has 0 spiro atoms. The molecule has 0 fully saturated rings. The molecular formula is C20H11ClFN3O3. The molecule has 1 aliphatic rings. The number of hydrogen-bond donors (Lipinski definition) is 1. The summed E-state index contributed by atoms with van der Waals surface area (Å²) in [6, 6.07) is 12.4. The highest BCUT2D eigenvalue weighted by molar-refractivity contribution is 6.31. The summed E-state index contributed by atoms with van der Waals surface area (Å²) in [5.74, 6) is 0.344. The molecular weight excluding hydrogens is 385 g/mol. The lowest BCUT2D eigenvalue weighted by molar-refractivity contribution is 0.174. The standard InChI is InChI=1S/C20H11ClFN3O3/c21-14-8-12(2-3-15(14)22)25-16(9-23)13-5-6-24-19(20(13)26)11-1-4-17-18(7-11)28-10-27-17/h1-8,26H,10H2. The van der Waals surface area contributed by atoms with E-state index in [1.165, 1.54) is 24.4 Å². The maximum absolute atomic E-state index is 13.3. The smallest absolute Gasteiger partial charge is 0.231 e. The van der Waals surface area contributed by atoms with E-state index in [2.05, 4.69) is 9.98 Å². The van der Waals surface area contributed by atoms with E-state index >= 15 is 0 Å². The molecule has 3 aromatic rings. The molecule has 2 heterocycles. The molecule has 0 radical (unpaired) electrons. The van der Waals surface area contributed by atoms with Crippen LogP contribution in [0.15, 0.2) is 53.7 Å². The number of pyridine rings is 1. The van der Waals surface area contributed by atoms with E-state index < -0.39 is 5.82 Å². The van der Waals surface area contributed by atoms with Crippen LogP contribution < -0.4 is 9.47 Å². The fourth-order valence-corrected chi connectivity index (χ4v) is 2.90. The molecule has 138 valence electrons. The average molecular weight is 396 g/mol. The number of aliphatic imine (C=N–C) groups is 1. The van der Waals surface area contributed by atoms with Gasteiger partial charge < -0.3 is 14.6 Å². The SMILES string of the molecule is N#CC(=Nc1ccc(F)c(Cl)c1)c1ccnc(-c2ccc3c(c2)OCO3)c1O. The van der Waals surface area contributed by atoms with Crippen molar-refractivity contribution in [1.82, 2.24) is 4.98 Å². The first-order chi connectivity index (χ1) is 13.6. The van der Waals surface area contributed by atoms with Crippen LogP contribution in [0.25, 0.3) is 11.3 Å². The Morgan fingerprint density at radius 2 is 2.00 bits per heavy atom. The Bertz CT molecular complexity index is 1160. The molecule has 0 saturated heterocycles. The number of fused-ring (bicyclic) bond motifs is 1. The third-order valence-electron chi connectivity index (χ3n) is 4.08. The van der Waals surface area contributed by atoms with Crippen LogP contribution in [0, 0.1) is 17.1 Å². The highest BCUT2D eigenvalue weighted by Crippen LogP contribution is 2.38. The Balaban J connectivity index is 1.77. The van der Waals surface area contributed by atoms with Crippen molar-refractivity contribution < 1.29 is 19.0 Å². The van der Waals surface area contributed by atoms with E-state index in [0.29, 0.717) is 17.1 Å². The largest absolute Gasteiger partial charge is 0.505 e. The second-order valence-corrected chi connectivity index (χ2v) is 6.20. The van der Waals surface area contributed by atoms with Crippen molar-refractivity contribution in [3.63, 3.8) is 0 Å². The van der Waals surface area contributed by atoms with Crippen LogP contribution >= 0.6 is 11.6 Å². The van der Waals surface area contributed by atoms with E-state index in [1.807, 2.05) is 6.07 Å². The number of aromatic nitrogens is 1. The molecule has 28 heavy (non-hydrogen) atoms. The zero-order valence-electron chi connectivity index (χ0n) is 14.2. The lowest BCUT2D eigenvalue weighted by Crippen LogP contribution is -2.00. The fraction of sp³-hybridized carbons (Fsp3) is 0.0500. The summed E-state index contributed by atoms with van der Waals surface area (Å²) in [7, 11) is 0. The van der Waals surface area contributed by atoms with E-state index in [1.54, 1.807) is 18.2 Å². The Morgan fingerprint density at radius 1 is 1.18 bits per heavy atom. The molecule has 6 nitrogen and oxygen atoms in total. The number of nitrogens with zero attached hydrogens (tertiary/aromatic N) is 3. The summed E-state index contributed by atoms with van der Waals surface area (Å²) in [5.41, 5.74) is 1.25. The molecule has 0 amide bonds. The highest BCUT2D eigenvalue weighted by atomic mass is 35.5. The molecule has 8 heteroatoms. The van der Waals surface area contributed by atoms with Crippen molar-refractivity contribution in [2.75, 3.05) is 6.79 Å². The Morgan fingerprint density at radius 3 is 2.79 bits per heavy atom. The van der Waals surface area contributed by atoms with Gasteiger partial charge in [-0.1, -0.05) is 11.6 Å². The van der Waals surface area contributed by atoms with Gasteiger partial charge in [0.1, 0.15) is 17.6 Å². The van der Waals surface area contributed by atoms with Crippen molar-refractivity contribution in [3.05, 3.63) is 65.1 Å². The third-order valence-corrected chi connectivity index (χ3v) is 4.37. The molecule has 0 aliphatic carbocycles. The van der Waals surface area contributed by atoms with Gasteiger partial charge in [0.05, 0.1) is 16.3 Å². The van der Waals surface area contributed by atoms with E-state index in [-0.39, 0.29) is 40.2 Å². The van der Waals surface area contributed by atoms with Gasteiger partial charge in [-0.15, -0.1) is 0 Å². The van der Waals surface area contributed by atoms with Crippen LogP contribution in [0.2, 0.25) is 5.02 Å². The Kier molecular flexibility index (Phi) is 4.55. The van der Waals surface area contributed by atoms with E-state index in [0.717, 1.165) is 6.07 Å². The molecule has 4 rings (SSSR count). The Hall–Kier alpha value is -3.63. The van der Waals surface area contributed by atoms with Gasteiger partial charge >= 0.3 is 0 Å². The summed E-state index contributed by atoms with van der Waals surface area (Å²) >= 11 is 5.76. The van der Waals surface area contributed by atoms with Gasteiger partial charge in [0.2, 0.25) is 6.79 Å². The molecule has 0 bridgehead atoms. The molecule has 1 aromatic heterocycles. The number of hydrogen-bond acceptors (Lipinski definition) is 6. The summed E-state index contributed by atoms with van der Waals surface area (Å²) in [6.07, 6.45) is 1.46. The molecule has 1 N–H and O–H groups in total. The van der Waals surface area contributed by atoms with E-state index in [4.69, 9.17) is 21.1 Å². The maximum atomic E-state index is 13.3. The van der Waals surface area contributed by atoms with Crippen LogP contribution in [0.5, 0.6) is 17.2 Å². The third kappa shape index (κ3) is 3.21. The van der Waals surface area contributed by atoms with Gasteiger partial charge in [-0.2, -0.15) is 5.26 Å². The first-order valence-electron chi connectivity index (χ1n) is 8.09. The summed E-state index contributed by atoms with van der Waals surface area (Å²) in [5, 5.41) is 20.1. The number of halogens is 2. The summed E-state index contributed by atoms with van der Waals surface area (Å²) in [6.45, 7) is 0.129. The quantitative estimate of drug-likeness (QED) is 0.654. The predicted octanol–water partition coefficient (Wildman–Crippen LogP) is 4.62. The van der Waals surface area contributed by atoms with Crippen molar-refractivity contribution in [3.8, 4) is 34.6 Å². The van der Waals surface area contributed by atoms with Gasteiger partial charge in [-0.25, -0.2) is 9.38 Å². The fourth-order valence-electron chi connectivity index (χ4n) is 2.73. The number of aromatic hydroxyl groups is 1. The van der Waals surface area contributed by atoms with Crippen molar-refractivity contribution >= 4 is 23.0 Å². The summed E-state index contributed by atoms with van der Waals surface area (Å²) in [4.78, 5) is 8.38. The van der Waals surface area contributed by atoms with Crippen molar-refractivity contribution in [2.45, 2.75) is 0 Å². The molecule has 2 aromatic carbocycles. The summed E-state index contributed by atoms with van der Waals surface area (Å²) < 4.78 is 24.0. The monoisotopic (exact) mass is 395 g/mol. The number of rotatable bonds is 3. The molecule has 1 aliphatic heterocycles. The van der Waals surface area contributed by atoms with Crippen molar-refractivity contribution in [1.29, 1.82) is 5.26 Å². The average Bonchev–Trinajstić information content (AvgIpc) is 3.17. The normalized spacial score (nSPS) is 12.7. The lowest BCUT2D eigenvalue weighted by atomic mass is 10.0. The number of ether oxygens (including phenoxy) is 2. The van der Waals surface area contributed by atoms with Crippen molar-refractivity contribution in [2.24, 2.45) is 4.99 Å². The van der Waals surface area contributed by atoms with Crippen LogP contribution in [0.1, 0.15) is 5.56 Å². The number of nitriles is 1. The first kappa shape index (κ1) is 17.8. The first-order valence-corrected chi connectivity index (χ1v) is 8.47. The van der Waals surface area contributed by atoms with Crippen LogP contribution in [0.3, 0.4) is 0 Å². The maximum Gasteiger partial charge on any atom is 0.231 e. The topological polar surface area (TPSA) is 87.7 Å². The van der Waals surface area contributed by atoms with Gasteiger partial charge in [0.15, 0.2) is 23.0 Å². The Labute approximate surface area is 164 Å². The minimum atomic E-state index is -0.587. The molecule has 0 unspecified atom stereocenters. The van der Waals surface area contributed by atoms with Crippen LogP contribution in [-0.2, 0) is 0 Å². The second kappa shape index (κ2) is 7.18. The van der Waals surface area contributed by atoms with Crippen LogP contribution in [-0.4, -0.2) is 22.6 Å². The second-order valence-electron chi connectivity index (χ2n) is 5.79.